The highest BCUT2D eigenvalue weighted by Crippen LogP contribution is 2.36. The zero-order valence-corrected chi connectivity index (χ0v) is 23.7. The molecule has 4 rings (SSSR count). The van der Waals surface area contributed by atoms with Crippen LogP contribution in [0.2, 0.25) is 5.02 Å². The van der Waals surface area contributed by atoms with Crippen LogP contribution in [0.3, 0.4) is 0 Å². The van der Waals surface area contributed by atoms with Crippen molar-refractivity contribution in [3.8, 4) is 11.5 Å². The lowest BCUT2D eigenvalue weighted by Gasteiger charge is -2.25. The van der Waals surface area contributed by atoms with Gasteiger partial charge in [-0.15, -0.1) is 11.8 Å². The fourth-order valence-corrected chi connectivity index (χ4v) is 5.89. The summed E-state index contributed by atoms with van der Waals surface area (Å²) in [6.45, 7) is 5.35. The molecule has 1 aliphatic heterocycles. The minimum Gasteiger partial charge on any atom is -0.493 e. The molecule has 2 heterocycles. The van der Waals surface area contributed by atoms with Crippen molar-refractivity contribution in [3.05, 3.63) is 83.5 Å². The standard InChI is InChI=1S/C27H27ClN2O5S2/c1-14(2)35-26(32)22-15(3)29-27-30(23(22)17-7-9-18(36-6)10-8-17)25(31)21(37-27)13-16-11-19(28)24(34-5)20(12-16)33-4/h7-14,23H,1-6H3/b21-13+/t23-/m1/s1. The van der Waals surface area contributed by atoms with Crippen molar-refractivity contribution >= 4 is 46.7 Å². The first-order valence-electron chi connectivity index (χ1n) is 11.5. The molecule has 1 aromatic heterocycles. The van der Waals surface area contributed by atoms with Crippen LogP contribution in [0.1, 0.15) is 37.9 Å². The average Bonchev–Trinajstić information content (AvgIpc) is 3.16. The predicted molar refractivity (Wildman–Crippen MR) is 148 cm³/mol. The molecule has 0 saturated heterocycles. The Balaban J connectivity index is 1.93. The number of nitrogens with zero attached hydrogens (tertiary/aromatic N) is 2. The molecule has 1 aliphatic rings. The summed E-state index contributed by atoms with van der Waals surface area (Å²) in [5, 5.41) is 0.363. The molecular formula is C27H27ClN2O5S2. The van der Waals surface area contributed by atoms with Crippen LogP contribution in [-0.4, -0.2) is 37.1 Å². The van der Waals surface area contributed by atoms with E-state index in [0.717, 1.165) is 10.5 Å². The van der Waals surface area contributed by atoms with Crippen LogP contribution in [-0.2, 0) is 9.53 Å². The third-order valence-corrected chi connectivity index (χ3v) is 7.78. The number of thiazole rings is 1. The summed E-state index contributed by atoms with van der Waals surface area (Å²) in [6, 6.07) is 10.6. The van der Waals surface area contributed by atoms with E-state index < -0.39 is 12.0 Å². The molecule has 0 fully saturated rings. The largest absolute Gasteiger partial charge is 0.493 e. The van der Waals surface area contributed by atoms with Gasteiger partial charge in [0.1, 0.15) is 0 Å². The number of allylic oxidation sites excluding steroid dienone is 1. The lowest BCUT2D eigenvalue weighted by molar-refractivity contribution is -0.143. The Labute approximate surface area is 228 Å². The van der Waals surface area contributed by atoms with E-state index in [0.29, 0.717) is 42.7 Å². The maximum absolute atomic E-state index is 13.8. The molecule has 3 aromatic rings. The van der Waals surface area contributed by atoms with E-state index in [1.54, 1.807) is 55.3 Å². The molecule has 0 bridgehead atoms. The van der Waals surface area contributed by atoms with Gasteiger partial charge in [0.2, 0.25) is 0 Å². The number of ether oxygens (including phenoxy) is 3. The van der Waals surface area contributed by atoms with Gasteiger partial charge in [0.15, 0.2) is 16.3 Å². The van der Waals surface area contributed by atoms with Gasteiger partial charge in [0.05, 0.1) is 47.2 Å². The number of aromatic nitrogens is 1. The summed E-state index contributed by atoms with van der Waals surface area (Å²) in [4.78, 5) is 33.2. The Morgan fingerprint density at radius 1 is 1.19 bits per heavy atom. The van der Waals surface area contributed by atoms with Crippen molar-refractivity contribution in [2.45, 2.75) is 37.8 Å². The van der Waals surface area contributed by atoms with E-state index in [4.69, 9.17) is 25.8 Å². The van der Waals surface area contributed by atoms with Gasteiger partial charge in [-0.1, -0.05) is 35.1 Å². The molecule has 194 valence electrons. The fraction of sp³-hybridized carbons (Fsp3) is 0.296. The van der Waals surface area contributed by atoms with Crippen LogP contribution in [0.25, 0.3) is 6.08 Å². The van der Waals surface area contributed by atoms with Gasteiger partial charge in [-0.3, -0.25) is 9.36 Å². The first-order valence-corrected chi connectivity index (χ1v) is 13.9. The summed E-state index contributed by atoms with van der Waals surface area (Å²) < 4.78 is 18.3. The molecule has 0 unspecified atom stereocenters. The van der Waals surface area contributed by atoms with Crippen molar-refractivity contribution < 1.29 is 19.0 Å². The van der Waals surface area contributed by atoms with Crippen LogP contribution >= 0.6 is 34.7 Å². The third-order valence-electron chi connectivity index (χ3n) is 5.77. The van der Waals surface area contributed by atoms with Crippen LogP contribution in [0.15, 0.2) is 62.4 Å². The molecule has 0 N–H and O–H groups in total. The highest BCUT2D eigenvalue weighted by atomic mass is 35.5. The van der Waals surface area contributed by atoms with E-state index in [9.17, 15) is 9.59 Å². The molecule has 0 spiro atoms. The predicted octanol–water partition coefficient (Wildman–Crippen LogP) is 4.58. The van der Waals surface area contributed by atoms with E-state index in [1.165, 1.54) is 25.6 Å². The molecule has 2 aromatic carbocycles. The Morgan fingerprint density at radius 2 is 1.89 bits per heavy atom. The first-order chi connectivity index (χ1) is 17.7. The number of fused-ring (bicyclic) bond motifs is 1. The summed E-state index contributed by atoms with van der Waals surface area (Å²) in [7, 11) is 3.03. The summed E-state index contributed by atoms with van der Waals surface area (Å²) in [5.41, 5.74) is 2.06. The van der Waals surface area contributed by atoms with Crippen LogP contribution in [0, 0.1) is 0 Å². The summed E-state index contributed by atoms with van der Waals surface area (Å²) in [6.07, 6.45) is 3.41. The molecule has 0 saturated carbocycles. The number of hydrogen-bond acceptors (Lipinski definition) is 8. The Hall–Kier alpha value is -3.01. The number of carbonyl (C=O) groups excluding carboxylic acids is 1. The van der Waals surface area contributed by atoms with Gasteiger partial charge >= 0.3 is 5.97 Å². The zero-order chi connectivity index (χ0) is 26.9. The second kappa shape index (κ2) is 11.2. The van der Waals surface area contributed by atoms with Gasteiger partial charge in [-0.05, 0) is 68.5 Å². The highest BCUT2D eigenvalue weighted by Gasteiger charge is 2.33. The zero-order valence-electron chi connectivity index (χ0n) is 21.3. The van der Waals surface area contributed by atoms with E-state index in [-0.39, 0.29) is 11.7 Å². The Bertz CT molecular complexity index is 1560. The van der Waals surface area contributed by atoms with E-state index in [2.05, 4.69) is 4.99 Å². The van der Waals surface area contributed by atoms with Crippen LogP contribution in [0.4, 0.5) is 0 Å². The van der Waals surface area contributed by atoms with Crippen molar-refractivity contribution in [1.82, 2.24) is 4.57 Å². The van der Waals surface area contributed by atoms with Crippen molar-refractivity contribution in [3.63, 3.8) is 0 Å². The van der Waals surface area contributed by atoms with E-state index in [1.807, 2.05) is 30.5 Å². The Kier molecular flexibility index (Phi) is 8.16. The number of esters is 1. The maximum atomic E-state index is 13.8. The molecule has 37 heavy (non-hydrogen) atoms. The van der Waals surface area contributed by atoms with Gasteiger partial charge < -0.3 is 14.2 Å². The van der Waals surface area contributed by atoms with Gasteiger partial charge in [-0.2, -0.15) is 0 Å². The number of halogens is 1. The number of carbonyl (C=O) groups is 1. The first kappa shape index (κ1) is 27.0. The van der Waals surface area contributed by atoms with Crippen LogP contribution in [0.5, 0.6) is 11.5 Å². The number of benzene rings is 2. The minimum absolute atomic E-state index is 0.268. The second-order valence-corrected chi connectivity index (χ2v) is 10.8. The fourth-order valence-electron chi connectivity index (χ4n) is 4.13. The molecule has 10 heteroatoms. The third kappa shape index (κ3) is 5.35. The van der Waals surface area contributed by atoms with Gasteiger partial charge in [0, 0.05) is 4.90 Å². The minimum atomic E-state index is -0.672. The molecule has 0 aliphatic carbocycles. The second-order valence-electron chi connectivity index (χ2n) is 8.55. The molecule has 7 nitrogen and oxygen atoms in total. The Morgan fingerprint density at radius 3 is 2.49 bits per heavy atom. The average molecular weight is 559 g/mol. The van der Waals surface area contributed by atoms with Gasteiger partial charge in [-0.25, -0.2) is 9.79 Å². The number of thioether (sulfide) groups is 1. The lowest BCUT2D eigenvalue weighted by Crippen LogP contribution is -2.40. The molecule has 0 radical (unpaired) electrons. The number of rotatable bonds is 7. The smallest absolute Gasteiger partial charge is 0.338 e. The normalized spacial score (nSPS) is 15.5. The van der Waals surface area contributed by atoms with E-state index >= 15 is 0 Å². The summed E-state index contributed by atoms with van der Waals surface area (Å²) in [5.74, 6) is 0.381. The molecule has 1 atom stereocenters. The lowest BCUT2D eigenvalue weighted by atomic mass is 9.96. The maximum Gasteiger partial charge on any atom is 0.338 e. The molecular weight excluding hydrogens is 532 g/mol. The van der Waals surface area contributed by atoms with Gasteiger partial charge in [0.25, 0.3) is 5.56 Å². The summed E-state index contributed by atoms with van der Waals surface area (Å²) >= 11 is 9.24. The molecule has 0 amide bonds. The quantitative estimate of drug-likeness (QED) is 0.312. The SMILES string of the molecule is COc1cc(/C=c2/sc3n(c2=O)[C@H](c2ccc(SC)cc2)C(C(=O)OC(C)C)=C(C)N=3)cc(Cl)c1OC. The topological polar surface area (TPSA) is 79.1 Å². The van der Waals surface area contributed by atoms with Crippen molar-refractivity contribution in [2.75, 3.05) is 20.5 Å². The number of methoxy groups -OCH3 is 2. The monoisotopic (exact) mass is 558 g/mol. The van der Waals surface area contributed by atoms with Crippen molar-refractivity contribution in [2.24, 2.45) is 4.99 Å². The number of hydrogen-bond donors (Lipinski definition) is 0. The highest BCUT2D eigenvalue weighted by molar-refractivity contribution is 7.98. The van der Waals surface area contributed by atoms with Crippen molar-refractivity contribution in [1.29, 1.82) is 0 Å². The van der Waals surface area contributed by atoms with Crippen LogP contribution < -0.4 is 24.4 Å².